The molecule has 28 heavy (non-hydrogen) atoms. The van der Waals surface area contributed by atoms with Crippen LogP contribution in [0.3, 0.4) is 0 Å². The summed E-state index contributed by atoms with van der Waals surface area (Å²) in [6.07, 6.45) is 5.49. The highest BCUT2D eigenvalue weighted by Crippen LogP contribution is 2.31. The lowest BCUT2D eigenvalue weighted by Gasteiger charge is -2.13. The molecule has 2 aromatic heterocycles. The molecule has 0 radical (unpaired) electrons. The Hall–Kier alpha value is -3.99. The van der Waals surface area contributed by atoms with Crippen LogP contribution in [0.4, 0.5) is 0 Å². The number of para-hydroxylation sites is 2. The largest absolute Gasteiger partial charge is 0.306 e. The molecule has 134 valence electrons. The van der Waals surface area contributed by atoms with Crippen LogP contribution in [0.5, 0.6) is 0 Å². The van der Waals surface area contributed by atoms with Gasteiger partial charge in [-0.25, -0.2) is 4.98 Å². The van der Waals surface area contributed by atoms with Crippen LogP contribution in [-0.4, -0.2) is 24.3 Å². The molecule has 3 aromatic carbocycles. The summed E-state index contributed by atoms with van der Waals surface area (Å²) in [5.74, 6) is 1.59. The van der Waals surface area contributed by atoms with E-state index in [0.717, 1.165) is 34.2 Å². The van der Waals surface area contributed by atoms with Gasteiger partial charge in [0.2, 0.25) is 0 Å². The molecule has 0 bridgehead atoms. The molecule has 2 heterocycles. The average Bonchev–Trinajstić information content (AvgIpc) is 3.45. The maximum Gasteiger partial charge on any atom is 0.170 e. The van der Waals surface area contributed by atoms with Gasteiger partial charge in [-0.2, -0.15) is 0 Å². The fourth-order valence-corrected chi connectivity index (χ4v) is 3.34. The summed E-state index contributed by atoms with van der Waals surface area (Å²) < 4.78 is 4.09. The molecule has 0 saturated carbocycles. The van der Waals surface area contributed by atoms with Gasteiger partial charge in [-0.05, 0) is 24.3 Å². The number of aromatic nitrogens is 5. The lowest BCUT2D eigenvalue weighted by molar-refractivity contribution is 1.03. The first-order valence-corrected chi connectivity index (χ1v) is 9.06. The summed E-state index contributed by atoms with van der Waals surface area (Å²) in [6.45, 7) is 0. The maximum absolute atomic E-state index is 4.59. The van der Waals surface area contributed by atoms with Crippen LogP contribution in [0.25, 0.3) is 34.2 Å². The Balaban J connectivity index is 1.78. The van der Waals surface area contributed by atoms with E-state index in [1.54, 1.807) is 12.5 Å². The summed E-state index contributed by atoms with van der Waals surface area (Å²) in [7, 11) is 0. The molecule has 5 rings (SSSR count). The second-order valence-corrected chi connectivity index (χ2v) is 6.37. The maximum atomic E-state index is 4.59. The molecule has 5 aromatic rings. The van der Waals surface area contributed by atoms with E-state index in [-0.39, 0.29) is 0 Å². The zero-order valence-corrected chi connectivity index (χ0v) is 15.1. The van der Waals surface area contributed by atoms with Crippen LogP contribution in [0.2, 0.25) is 0 Å². The monoisotopic (exact) mass is 363 g/mol. The van der Waals surface area contributed by atoms with Crippen molar-refractivity contribution in [2.45, 2.75) is 0 Å². The Morgan fingerprint density at radius 2 is 1.32 bits per heavy atom. The Bertz CT molecular complexity index is 1190. The minimum atomic E-state index is 0.786. The summed E-state index contributed by atoms with van der Waals surface area (Å²) in [5, 5.41) is 9.14. The Labute approximate surface area is 162 Å². The van der Waals surface area contributed by atoms with E-state index in [2.05, 4.69) is 56.1 Å². The smallest absolute Gasteiger partial charge is 0.170 e. The number of hydrogen-bond acceptors (Lipinski definition) is 3. The first kappa shape index (κ1) is 16.2. The molecular formula is C23H17N5. The molecule has 0 aliphatic heterocycles. The third-order valence-corrected chi connectivity index (χ3v) is 4.64. The van der Waals surface area contributed by atoms with Crippen molar-refractivity contribution in [1.29, 1.82) is 0 Å². The van der Waals surface area contributed by atoms with Crippen molar-refractivity contribution in [2.75, 3.05) is 0 Å². The first-order valence-electron chi connectivity index (χ1n) is 9.06. The Morgan fingerprint density at radius 1 is 0.643 bits per heavy atom. The van der Waals surface area contributed by atoms with Crippen LogP contribution >= 0.6 is 0 Å². The van der Waals surface area contributed by atoms with Crippen molar-refractivity contribution in [3.8, 4) is 34.2 Å². The summed E-state index contributed by atoms with van der Waals surface area (Å²) in [5.41, 5.74) is 4.02. The molecule has 0 aliphatic carbocycles. The van der Waals surface area contributed by atoms with E-state index in [4.69, 9.17) is 0 Å². The number of benzene rings is 3. The molecule has 0 unspecified atom stereocenters. The van der Waals surface area contributed by atoms with E-state index >= 15 is 0 Å². The van der Waals surface area contributed by atoms with E-state index in [9.17, 15) is 0 Å². The van der Waals surface area contributed by atoms with Crippen molar-refractivity contribution >= 4 is 0 Å². The lowest BCUT2D eigenvalue weighted by atomic mass is 10.1. The highest BCUT2D eigenvalue weighted by atomic mass is 15.3. The molecule has 0 fully saturated rings. The molecular weight excluding hydrogens is 346 g/mol. The Kier molecular flexibility index (Phi) is 4.03. The van der Waals surface area contributed by atoms with Crippen LogP contribution in [0.1, 0.15) is 0 Å². The Morgan fingerprint density at radius 3 is 2.07 bits per heavy atom. The number of hydrogen-bond donors (Lipinski definition) is 0. The average molecular weight is 363 g/mol. The molecule has 0 aliphatic rings. The van der Waals surface area contributed by atoms with Gasteiger partial charge in [-0.1, -0.05) is 60.7 Å². The van der Waals surface area contributed by atoms with Gasteiger partial charge < -0.3 is 4.57 Å². The zero-order valence-electron chi connectivity index (χ0n) is 15.1. The normalized spacial score (nSPS) is 10.9. The van der Waals surface area contributed by atoms with Crippen LogP contribution in [0.15, 0.2) is 104 Å². The van der Waals surface area contributed by atoms with Gasteiger partial charge in [0, 0.05) is 29.2 Å². The van der Waals surface area contributed by atoms with Gasteiger partial charge in [0.05, 0.1) is 12.0 Å². The molecule has 0 N–H and O–H groups in total. The predicted octanol–water partition coefficient (Wildman–Crippen LogP) is 4.79. The highest BCUT2D eigenvalue weighted by Gasteiger charge is 2.19. The van der Waals surface area contributed by atoms with Crippen molar-refractivity contribution < 1.29 is 0 Å². The van der Waals surface area contributed by atoms with Crippen molar-refractivity contribution in [2.24, 2.45) is 0 Å². The number of nitrogens with zero attached hydrogens (tertiary/aromatic N) is 5. The summed E-state index contributed by atoms with van der Waals surface area (Å²) in [6, 6.07) is 28.5. The highest BCUT2D eigenvalue weighted by molar-refractivity contribution is 5.72. The SMILES string of the molecule is c1ccc(-c2nnc(-c3ccccc3-n3ccnc3)n2-c2ccccc2)cc1. The van der Waals surface area contributed by atoms with E-state index in [0.29, 0.717) is 0 Å². The third-order valence-electron chi connectivity index (χ3n) is 4.64. The molecule has 0 amide bonds. The number of rotatable bonds is 4. The topological polar surface area (TPSA) is 48.5 Å². The van der Waals surface area contributed by atoms with E-state index in [1.165, 1.54) is 0 Å². The van der Waals surface area contributed by atoms with Gasteiger partial charge in [-0.3, -0.25) is 4.57 Å². The van der Waals surface area contributed by atoms with Gasteiger partial charge in [0.25, 0.3) is 0 Å². The van der Waals surface area contributed by atoms with Crippen LogP contribution in [0, 0.1) is 0 Å². The molecule has 0 atom stereocenters. The van der Waals surface area contributed by atoms with E-state index in [1.807, 2.05) is 59.3 Å². The standard InChI is InChI=1S/C23H17N5/c1-3-9-18(10-4-1)22-25-26-23(28(22)19-11-5-2-6-12-19)20-13-7-8-14-21(20)27-16-15-24-17-27/h1-17H. The van der Waals surface area contributed by atoms with Crippen molar-refractivity contribution in [3.63, 3.8) is 0 Å². The fraction of sp³-hybridized carbons (Fsp3) is 0. The zero-order chi connectivity index (χ0) is 18.8. The second-order valence-electron chi connectivity index (χ2n) is 6.37. The van der Waals surface area contributed by atoms with Crippen LogP contribution in [-0.2, 0) is 0 Å². The van der Waals surface area contributed by atoms with Crippen molar-refractivity contribution in [3.05, 3.63) is 104 Å². The van der Waals surface area contributed by atoms with E-state index < -0.39 is 0 Å². The van der Waals surface area contributed by atoms with Crippen molar-refractivity contribution in [1.82, 2.24) is 24.3 Å². The molecule has 0 saturated heterocycles. The van der Waals surface area contributed by atoms with Gasteiger partial charge in [0.1, 0.15) is 0 Å². The predicted molar refractivity (Wildman–Crippen MR) is 109 cm³/mol. The van der Waals surface area contributed by atoms with Gasteiger partial charge >= 0.3 is 0 Å². The summed E-state index contributed by atoms with van der Waals surface area (Å²) in [4.78, 5) is 4.19. The van der Waals surface area contributed by atoms with Crippen LogP contribution < -0.4 is 0 Å². The number of imidazole rings is 1. The minimum absolute atomic E-state index is 0.786. The third kappa shape index (κ3) is 2.79. The quantitative estimate of drug-likeness (QED) is 0.461. The molecule has 5 nitrogen and oxygen atoms in total. The molecule has 5 heteroatoms. The second kappa shape index (κ2) is 6.96. The van der Waals surface area contributed by atoms with Gasteiger partial charge in [0.15, 0.2) is 11.6 Å². The lowest BCUT2D eigenvalue weighted by Crippen LogP contribution is -2.02. The van der Waals surface area contributed by atoms with Gasteiger partial charge in [-0.15, -0.1) is 10.2 Å². The molecule has 0 spiro atoms. The minimum Gasteiger partial charge on any atom is -0.306 e. The summed E-state index contributed by atoms with van der Waals surface area (Å²) >= 11 is 0. The first-order chi connectivity index (χ1) is 13.9. The fourth-order valence-electron chi connectivity index (χ4n) is 3.34.